The van der Waals surface area contributed by atoms with Crippen molar-refractivity contribution in [3.8, 4) is 5.75 Å². The topological polar surface area (TPSA) is 72.0 Å². The Morgan fingerprint density at radius 3 is 2.84 bits per heavy atom. The fourth-order valence-electron chi connectivity index (χ4n) is 1.60. The maximum absolute atomic E-state index is 7.34. The van der Waals surface area contributed by atoms with Crippen molar-refractivity contribution in [2.24, 2.45) is 5.73 Å². The van der Waals surface area contributed by atoms with Gasteiger partial charge in [-0.25, -0.2) is 0 Å². The van der Waals surface area contributed by atoms with Crippen LogP contribution in [0.1, 0.15) is 16.8 Å². The molecule has 0 saturated carbocycles. The molecule has 0 amide bonds. The van der Waals surface area contributed by atoms with Gasteiger partial charge in [0.25, 0.3) is 0 Å². The van der Waals surface area contributed by atoms with E-state index in [9.17, 15) is 0 Å². The van der Waals surface area contributed by atoms with E-state index in [0.29, 0.717) is 23.1 Å². The molecule has 0 atom stereocenters. The molecule has 0 spiro atoms. The second-order valence-electron chi connectivity index (χ2n) is 4.19. The van der Waals surface area contributed by atoms with Gasteiger partial charge in [0.15, 0.2) is 0 Å². The fraction of sp³-hybridized carbons (Fsp3) is 0.143. The van der Waals surface area contributed by atoms with Gasteiger partial charge in [-0.15, -0.1) is 0 Å². The summed E-state index contributed by atoms with van der Waals surface area (Å²) in [5.74, 6) is 0.573. The SMILES string of the molecule is Cc1ccc(OCc2ccnc(C(=N)N)c2)c(Cl)c1. The Balaban J connectivity index is 2.10. The van der Waals surface area contributed by atoms with Crippen LogP contribution in [0.5, 0.6) is 5.75 Å². The van der Waals surface area contributed by atoms with E-state index < -0.39 is 0 Å². The molecule has 19 heavy (non-hydrogen) atoms. The van der Waals surface area contributed by atoms with E-state index in [1.165, 1.54) is 0 Å². The third kappa shape index (κ3) is 3.45. The molecule has 0 saturated heterocycles. The first-order chi connectivity index (χ1) is 9.06. The summed E-state index contributed by atoms with van der Waals surface area (Å²) in [6, 6.07) is 9.17. The minimum Gasteiger partial charge on any atom is -0.487 e. The molecule has 0 bridgehead atoms. The maximum Gasteiger partial charge on any atom is 0.141 e. The van der Waals surface area contributed by atoms with Crippen LogP contribution in [0, 0.1) is 12.3 Å². The average Bonchev–Trinajstić information content (AvgIpc) is 2.38. The van der Waals surface area contributed by atoms with E-state index in [1.807, 2.05) is 31.2 Å². The van der Waals surface area contributed by atoms with Crippen molar-refractivity contribution in [2.75, 3.05) is 0 Å². The number of aromatic nitrogens is 1. The molecule has 98 valence electrons. The van der Waals surface area contributed by atoms with Gasteiger partial charge in [0.05, 0.1) is 5.02 Å². The number of hydrogen-bond donors (Lipinski definition) is 2. The lowest BCUT2D eigenvalue weighted by atomic mass is 10.2. The number of aryl methyl sites for hydroxylation is 1. The lowest BCUT2D eigenvalue weighted by Gasteiger charge is -2.09. The van der Waals surface area contributed by atoms with Crippen LogP contribution in [0.2, 0.25) is 5.02 Å². The second kappa shape index (κ2) is 5.71. The van der Waals surface area contributed by atoms with Crippen molar-refractivity contribution < 1.29 is 4.74 Å². The summed E-state index contributed by atoms with van der Waals surface area (Å²) in [4.78, 5) is 3.99. The number of nitrogens with zero attached hydrogens (tertiary/aromatic N) is 1. The Hall–Kier alpha value is -2.07. The van der Waals surface area contributed by atoms with E-state index in [2.05, 4.69) is 4.98 Å². The number of amidine groups is 1. The Kier molecular flexibility index (Phi) is 4.02. The van der Waals surface area contributed by atoms with Gasteiger partial charge in [-0.1, -0.05) is 17.7 Å². The van der Waals surface area contributed by atoms with Crippen molar-refractivity contribution >= 4 is 17.4 Å². The molecular weight excluding hydrogens is 262 g/mol. The molecule has 1 aromatic heterocycles. The van der Waals surface area contributed by atoms with E-state index in [-0.39, 0.29) is 5.84 Å². The molecular formula is C14H14ClN3O. The highest BCUT2D eigenvalue weighted by Gasteiger charge is 2.04. The van der Waals surface area contributed by atoms with Gasteiger partial charge in [-0.3, -0.25) is 10.4 Å². The smallest absolute Gasteiger partial charge is 0.141 e. The Labute approximate surface area is 116 Å². The summed E-state index contributed by atoms with van der Waals surface area (Å²) in [5, 5.41) is 7.92. The number of nitrogens with one attached hydrogen (secondary N) is 1. The van der Waals surface area contributed by atoms with Gasteiger partial charge in [0.2, 0.25) is 0 Å². The predicted octanol–water partition coefficient (Wildman–Crippen LogP) is 2.91. The van der Waals surface area contributed by atoms with Crippen molar-refractivity contribution in [1.29, 1.82) is 5.41 Å². The number of nitrogens with two attached hydrogens (primary N) is 1. The first kappa shape index (κ1) is 13.4. The molecule has 0 aliphatic rings. The summed E-state index contributed by atoms with van der Waals surface area (Å²) in [6.45, 7) is 2.32. The summed E-state index contributed by atoms with van der Waals surface area (Å²) >= 11 is 6.09. The molecule has 4 nitrogen and oxygen atoms in total. The highest BCUT2D eigenvalue weighted by Crippen LogP contribution is 2.25. The molecule has 0 aliphatic heterocycles. The first-order valence-corrected chi connectivity index (χ1v) is 6.12. The zero-order valence-electron chi connectivity index (χ0n) is 10.5. The number of hydrogen-bond acceptors (Lipinski definition) is 3. The highest BCUT2D eigenvalue weighted by atomic mass is 35.5. The molecule has 0 unspecified atom stereocenters. The minimum atomic E-state index is -0.0600. The molecule has 2 aromatic rings. The number of rotatable bonds is 4. The minimum absolute atomic E-state index is 0.0600. The molecule has 1 heterocycles. The number of nitrogen functional groups attached to an aromatic ring is 1. The van der Waals surface area contributed by atoms with Gasteiger partial charge in [-0.05, 0) is 42.3 Å². The van der Waals surface area contributed by atoms with E-state index >= 15 is 0 Å². The van der Waals surface area contributed by atoms with Gasteiger partial charge < -0.3 is 10.5 Å². The Bertz CT molecular complexity index is 613. The quantitative estimate of drug-likeness (QED) is 0.666. The van der Waals surface area contributed by atoms with Crippen LogP contribution in [0.4, 0.5) is 0 Å². The monoisotopic (exact) mass is 275 g/mol. The molecule has 2 rings (SSSR count). The molecule has 3 N–H and O–H groups in total. The van der Waals surface area contributed by atoms with Crippen LogP contribution in [0.25, 0.3) is 0 Å². The standard InChI is InChI=1S/C14H14ClN3O/c1-9-2-3-13(11(15)6-9)19-8-10-4-5-18-12(7-10)14(16)17/h2-7H,8H2,1H3,(H3,16,17). The third-order valence-corrected chi connectivity index (χ3v) is 2.88. The zero-order chi connectivity index (χ0) is 13.8. The van der Waals surface area contributed by atoms with Crippen molar-refractivity contribution in [2.45, 2.75) is 13.5 Å². The predicted molar refractivity (Wildman–Crippen MR) is 75.8 cm³/mol. The van der Waals surface area contributed by atoms with Gasteiger partial charge in [0.1, 0.15) is 23.9 Å². The second-order valence-corrected chi connectivity index (χ2v) is 4.59. The normalized spacial score (nSPS) is 10.2. The van der Waals surface area contributed by atoms with Crippen LogP contribution in [-0.2, 0) is 6.61 Å². The van der Waals surface area contributed by atoms with Gasteiger partial charge in [-0.2, -0.15) is 0 Å². The molecule has 0 fully saturated rings. The van der Waals surface area contributed by atoms with Crippen molar-refractivity contribution in [3.63, 3.8) is 0 Å². The van der Waals surface area contributed by atoms with Crippen LogP contribution in [0.3, 0.4) is 0 Å². The molecule has 5 heteroatoms. The van der Waals surface area contributed by atoms with E-state index in [1.54, 1.807) is 12.3 Å². The number of halogens is 1. The number of pyridine rings is 1. The molecule has 0 aliphatic carbocycles. The summed E-state index contributed by atoms with van der Waals surface area (Å²) in [6.07, 6.45) is 1.60. The third-order valence-electron chi connectivity index (χ3n) is 2.58. The lowest BCUT2D eigenvalue weighted by Crippen LogP contribution is -2.13. The Morgan fingerprint density at radius 1 is 1.37 bits per heavy atom. The van der Waals surface area contributed by atoms with Crippen molar-refractivity contribution in [3.05, 3.63) is 58.4 Å². The molecule has 1 aromatic carbocycles. The number of benzene rings is 1. The maximum atomic E-state index is 7.34. The van der Waals surface area contributed by atoms with Gasteiger partial charge >= 0.3 is 0 Å². The van der Waals surface area contributed by atoms with Crippen LogP contribution >= 0.6 is 11.6 Å². The van der Waals surface area contributed by atoms with E-state index in [0.717, 1.165) is 11.1 Å². The summed E-state index contributed by atoms with van der Waals surface area (Å²) < 4.78 is 5.64. The van der Waals surface area contributed by atoms with Crippen LogP contribution < -0.4 is 10.5 Å². The fourth-order valence-corrected chi connectivity index (χ4v) is 1.89. The van der Waals surface area contributed by atoms with Crippen LogP contribution in [0.15, 0.2) is 36.5 Å². The Morgan fingerprint density at radius 2 is 2.16 bits per heavy atom. The van der Waals surface area contributed by atoms with Crippen LogP contribution in [-0.4, -0.2) is 10.8 Å². The van der Waals surface area contributed by atoms with Crippen molar-refractivity contribution in [1.82, 2.24) is 4.98 Å². The summed E-state index contributed by atoms with van der Waals surface area (Å²) in [5.41, 5.74) is 7.80. The lowest BCUT2D eigenvalue weighted by molar-refractivity contribution is 0.306. The average molecular weight is 276 g/mol. The number of ether oxygens (including phenoxy) is 1. The zero-order valence-corrected chi connectivity index (χ0v) is 11.2. The highest BCUT2D eigenvalue weighted by molar-refractivity contribution is 6.32. The molecule has 0 radical (unpaired) electrons. The largest absolute Gasteiger partial charge is 0.487 e. The first-order valence-electron chi connectivity index (χ1n) is 5.74. The van der Waals surface area contributed by atoms with Gasteiger partial charge in [0, 0.05) is 6.20 Å². The summed E-state index contributed by atoms with van der Waals surface area (Å²) in [7, 11) is 0. The van der Waals surface area contributed by atoms with E-state index in [4.69, 9.17) is 27.5 Å².